The zero-order valence-corrected chi connectivity index (χ0v) is 11.5. The van der Waals surface area contributed by atoms with E-state index in [0.717, 1.165) is 18.7 Å². The van der Waals surface area contributed by atoms with Gasteiger partial charge in [0.05, 0.1) is 0 Å². The first-order valence-electron chi connectivity index (χ1n) is 5.08. The van der Waals surface area contributed by atoms with Crippen molar-refractivity contribution in [3.8, 4) is 0 Å². The van der Waals surface area contributed by atoms with Gasteiger partial charge in [0.15, 0.2) is 0 Å². The lowest BCUT2D eigenvalue weighted by Gasteiger charge is -2.20. The molecule has 0 saturated carbocycles. The Labute approximate surface area is 109 Å². The summed E-state index contributed by atoms with van der Waals surface area (Å²) in [4.78, 5) is 6.21. The van der Waals surface area contributed by atoms with E-state index in [1.54, 1.807) is 6.20 Å². The fourth-order valence-corrected chi connectivity index (χ4v) is 1.34. The molecule has 92 valence electrons. The fourth-order valence-electron chi connectivity index (χ4n) is 1.15. The molecule has 0 aliphatic carbocycles. The van der Waals surface area contributed by atoms with Crippen LogP contribution in [0.4, 0.5) is 0 Å². The Morgan fingerprint density at radius 1 is 1.50 bits per heavy atom. The highest BCUT2D eigenvalue weighted by molar-refractivity contribution is 6.30. The van der Waals surface area contributed by atoms with Gasteiger partial charge in [-0.2, -0.15) is 0 Å². The topological polar surface area (TPSA) is 28.2 Å². The standard InChI is InChI=1S/C11H18ClN3.ClH/c1-9(15(2)3)7-13-8-10-5-4-6-14-11(10)12;/h4-6,9,13H,7-8H2,1-3H3;1H. The lowest BCUT2D eigenvalue weighted by atomic mass is 10.2. The Morgan fingerprint density at radius 3 is 2.75 bits per heavy atom. The average Bonchev–Trinajstić information content (AvgIpc) is 2.20. The zero-order valence-electron chi connectivity index (χ0n) is 9.90. The highest BCUT2D eigenvalue weighted by Crippen LogP contribution is 2.10. The zero-order chi connectivity index (χ0) is 11.3. The van der Waals surface area contributed by atoms with E-state index in [1.165, 1.54) is 0 Å². The molecule has 0 fully saturated rings. The largest absolute Gasteiger partial charge is 0.311 e. The number of pyridine rings is 1. The van der Waals surface area contributed by atoms with Gasteiger partial charge in [-0.1, -0.05) is 17.7 Å². The van der Waals surface area contributed by atoms with Crippen molar-refractivity contribution >= 4 is 24.0 Å². The van der Waals surface area contributed by atoms with Crippen LogP contribution in [0.2, 0.25) is 5.15 Å². The SMILES string of the molecule is CC(CNCc1cccnc1Cl)N(C)C.Cl. The predicted molar refractivity (Wildman–Crippen MR) is 71.4 cm³/mol. The third-order valence-corrected chi connectivity index (χ3v) is 2.81. The van der Waals surface area contributed by atoms with Gasteiger partial charge in [0.2, 0.25) is 0 Å². The Morgan fingerprint density at radius 2 is 2.19 bits per heavy atom. The molecule has 0 aliphatic rings. The van der Waals surface area contributed by atoms with E-state index in [9.17, 15) is 0 Å². The van der Waals surface area contributed by atoms with Crippen LogP contribution < -0.4 is 5.32 Å². The minimum absolute atomic E-state index is 0. The molecule has 16 heavy (non-hydrogen) atoms. The molecular weight excluding hydrogens is 245 g/mol. The van der Waals surface area contributed by atoms with Gasteiger partial charge in [0, 0.05) is 30.9 Å². The van der Waals surface area contributed by atoms with Crippen LogP contribution in [-0.2, 0) is 6.54 Å². The molecule has 0 aliphatic heterocycles. The van der Waals surface area contributed by atoms with Gasteiger partial charge in [-0.15, -0.1) is 12.4 Å². The highest BCUT2D eigenvalue weighted by atomic mass is 35.5. The molecule has 5 heteroatoms. The Kier molecular flexibility index (Phi) is 7.68. The van der Waals surface area contributed by atoms with Crippen molar-refractivity contribution in [1.82, 2.24) is 15.2 Å². The molecule has 0 radical (unpaired) electrons. The normalized spacial score (nSPS) is 12.3. The lowest BCUT2D eigenvalue weighted by Crippen LogP contribution is -2.35. The van der Waals surface area contributed by atoms with E-state index in [1.807, 2.05) is 12.1 Å². The third kappa shape index (κ3) is 5.12. The van der Waals surface area contributed by atoms with Gasteiger partial charge in [0.1, 0.15) is 5.15 Å². The van der Waals surface area contributed by atoms with E-state index in [2.05, 4.69) is 36.2 Å². The molecule has 1 heterocycles. The van der Waals surface area contributed by atoms with Crippen LogP contribution in [-0.4, -0.2) is 36.6 Å². The van der Waals surface area contributed by atoms with Gasteiger partial charge in [-0.05, 0) is 27.1 Å². The molecule has 0 aromatic carbocycles. The van der Waals surface area contributed by atoms with Gasteiger partial charge < -0.3 is 10.2 Å². The van der Waals surface area contributed by atoms with Crippen molar-refractivity contribution in [2.24, 2.45) is 0 Å². The van der Waals surface area contributed by atoms with Crippen molar-refractivity contribution in [1.29, 1.82) is 0 Å². The van der Waals surface area contributed by atoms with Gasteiger partial charge in [0.25, 0.3) is 0 Å². The van der Waals surface area contributed by atoms with Gasteiger partial charge in [-0.3, -0.25) is 0 Å². The molecule has 1 atom stereocenters. The van der Waals surface area contributed by atoms with Crippen molar-refractivity contribution in [2.75, 3.05) is 20.6 Å². The first-order chi connectivity index (χ1) is 7.11. The summed E-state index contributed by atoms with van der Waals surface area (Å²) in [5.74, 6) is 0. The summed E-state index contributed by atoms with van der Waals surface area (Å²) in [6.45, 7) is 3.89. The predicted octanol–water partition coefficient (Wildman–Crippen LogP) is 2.20. The first-order valence-corrected chi connectivity index (χ1v) is 5.45. The molecular formula is C11H19Cl2N3. The second-order valence-electron chi connectivity index (χ2n) is 3.90. The highest BCUT2D eigenvalue weighted by Gasteiger charge is 2.04. The summed E-state index contributed by atoms with van der Waals surface area (Å²) >= 11 is 5.94. The Balaban J connectivity index is 0.00000225. The molecule has 0 amide bonds. The molecule has 3 nitrogen and oxygen atoms in total. The summed E-state index contributed by atoms with van der Waals surface area (Å²) in [7, 11) is 4.15. The van der Waals surface area contributed by atoms with Crippen molar-refractivity contribution < 1.29 is 0 Å². The van der Waals surface area contributed by atoms with E-state index >= 15 is 0 Å². The molecule has 1 unspecified atom stereocenters. The smallest absolute Gasteiger partial charge is 0.133 e. The quantitative estimate of drug-likeness (QED) is 0.826. The number of nitrogens with one attached hydrogen (secondary N) is 1. The third-order valence-electron chi connectivity index (χ3n) is 2.47. The minimum Gasteiger partial charge on any atom is -0.311 e. The van der Waals surface area contributed by atoms with E-state index < -0.39 is 0 Å². The summed E-state index contributed by atoms with van der Waals surface area (Å²) in [5, 5.41) is 3.94. The van der Waals surface area contributed by atoms with Crippen LogP contribution in [0, 0.1) is 0 Å². The lowest BCUT2D eigenvalue weighted by molar-refractivity contribution is 0.302. The Bertz CT molecular complexity index is 305. The summed E-state index contributed by atoms with van der Waals surface area (Å²) in [6, 6.07) is 4.40. The number of hydrogen-bond donors (Lipinski definition) is 1. The molecule has 1 aromatic heterocycles. The summed E-state index contributed by atoms with van der Waals surface area (Å²) in [5.41, 5.74) is 1.05. The number of halogens is 2. The summed E-state index contributed by atoms with van der Waals surface area (Å²) in [6.07, 6.45) is 1.70. The fraction of sp³-hybridized carbons (Fsp3) is 0.545. The number of rotatable bonds is 5. The van der Waals surface area contributed by atoms with Crippen molar-refractivity contribution in [3.63, 3.8) is 0 Å². The molecule has 0 spiro atoms. The molecule has 0 saturated heterocycles. The van der Waals surface area contributed by atoms with Gasteiger partial charge in [-0.25, -0.2) is 4.98 Å². The summed E-state index contributed by atoms with van der Waals surface area (Å²) < 4.78 is 0. The van der Waals surface area contributed by atoms with Crippen LogP contribution in [0.15, 0.2) is 18.3 Å². The number of aromatic nitrogens is 1. The molecule has 1 N–H and O–H groups in total. The maximum atomic E-state index is 5.94. The van der Waals surface area contributed by atoms with Crippen LogP contribution in [0.25, 0.3) is 0 Å². The average molecular weight is 264 g/mol. The maximum Gasteiger partial charge on any atom is 0.133 e. The molecule has 1 rings (SSSR count). The molecule has 0 bridgehead atoms. The Hall–Kier alpha value is -0.350. The number of hydrogen-bond acceptors (Lipinski definition) is 3. The second kappa shape index (κ2) is 7.85. The van der Waals surface area contributed by atoms with E-state index in [4.69, 9.17) is 11.6 Å². The van der Waals surface area contributed by atoms with Crippen LogP contribution in [0.5, 0.6) is 0 Å². The van der Waals surface area contributed by atoms with Crippen LogP contribution in [0.1, 0.15) is 12.5 Å². The van der Waals surface area contributed by atoms with Crippen LogP contribution in [0.3, 0.4) is 0 Å². The van der Waals surface area contributed by atoms with Crippen molar-refractivity contribution in [3.05, 3.63) is 29.0 Å². The molecule has 1 aromatic rings. The van der Waals surface area contributed by atoms with Crippen LogP contribution >= 0.6 is 24.0 Å². The van der Waals surface area contributed by atoms with Gasteiger partial charge >= 0.3 is 0 Å². The number of likely N-dealkylation sites (N-methyl/N-ethyl adjacent to an activating group) is 1. The maximum absolute atomic E-state index is 5.94. The second-order valence-corrected chi connectivity index (χ2v) is 4.25. The minimum atomic E-state index is 0. The first kappa shape index (κ1) is 15.7. The number of nitrogens with zero attached hydrogens (tertiary/aromatic N) is 2. The van der Waals surface area contributed by atoms with Crippen molar-refractivity contribution in [2.45, 2.75) is 19.5 Å². The monoisotopic (exact) mass is 263 g/mol. The van der Waals surface area contributed by atoms with E-state index in [-0.39, 0.29) is 12.4 Å². The van der Waals surface area contributed by atoms with E-state index in [0.29, 0.717) is 11.2 Å².